The molecule has 10 aromatic carbocycles. The molecule has 0 saturated heterocycles. The molecule has 58 heavy (non-hydrogen) atoms. The molecule has 0 spiro atoms. The highest BCUT2D eigenvalue weighted by Gasteiger charge is 2.21. The summed E-state index contributed by atoms with van der Waals surface area (Å²) in [5.41, 5.74) is 13.9. The largest absolute Gasteiger partial charge is 0.309 e. The van der Waals surface area contributed by atoms with Gasteiger partial charge in [0.25, 0.3) is 0 Å². The maximum absolute atomic E-state index is 2.44. The van der Waals surface area contributed by atoms with E-state index in [2.05, 4.69) is 240 Å². The van der Waals surface area contributed by atoms with Crippen molar-refractivity contribution in [3.8, 4) is 39.1 Å². The zero-order chi connectivity index (χ0) is 38.4. The molecule has 0 radical (unpaired) electrons. The van der Waals surface area contributed by atoms with E-state index in [1.807, 2.05) is 0 Å². The summed E-state index contributed by atoms with van der Waals surface area (Å²) in [7, 11) is 0. The van der Waals surface area contributed by atoms with Crippen LogP contribution in [0.5, 0.6) is 0 Å². The van der Waals surface area contributed by atoms with Crippen LogP contribution in [-0.4, -0.2) is 4.57 Å². The summed E-state index contributed by atoms with van der Waals surface area (Å²) in [5, 5.41) is 7.44. The van der Waals surface area contributed by atoms with Crippen LogP contribution in [0.4, 0.5) is 17.1 Å². The van der Waals surface area contributed by atoms with Crippen molar-refractivity contribution in [3.05, 3.63) is 231 Å². The van der Waals surface area contributed by atoms with Gasteiger partial charge in [0.05, 0.1) is 28.1 Å². The summed E-state index contributed by atoms with van der Waals surface area (Å²) in [5.74, 6) is 0. The fourth-order valence-electron chi connectivity index (χ4n) is 8.83. The second kappa shape index (κ2) is 14.1. The van der Waals surface area contributed by atoms with Crippen LogP contribution < -0.4 is 4.90 Å². The van der Waals surface area contributed by atoms with E-state index in [4.69, 9.17) is 0 Å². The van der Waals surface area contributed by atoms with Gasteiger partial charge < -0.3 is 9.47 Å². The number of hydrogen-bond acceptors (Lipinski definition) is 1. The lowest BCUT2D eigenvalue weighted by Crippen LogP contribution is -2.12. The second-order valence-corrected chi connectivity index (χ2v) is 14.9. The third-order valence-corrected chi connectivity index (χ3v) is 11.6. The molecule has 0 amide bonds. The first kappa shape index (κ1) is 33.6. The van der Waals surface area contributed by atoms with Crippen LogP contribution in [0.15, 0.2) is 231 Å². The number of rotatable bonds is 7. The highest BCUT2D eigenvalue weighted by atomic mass is 15.1. The van der Waals surface area contributed by atoms with Crippen molar-refractivity contribution in [1.82, 2.24) is 4.57 Å². The fraction of sp³-hybridized carbons (Fsp3) is 0. The van der Waals surface area contributed by atoms with E-state index >= 15 is 0 Å². The first-order valence-corrected chi connectivity index (χ1v) is 19.9. The Bertz CT molecular complexity index is 3120. The van der Waals surface area contributed by atoms with Crippen molar-refractivity contribution in [3.63, 3.8) is 0 Å². The molecule has 272 valence electrons. The van der Waals surface area contributed by atoms with E-state index in [1.165, 1.54) is 71.2 Å². The Morgan fingerprint density at radius 2 is 0.707 bits per heavy atom. The van der Waals surface area contributed by atoms with Crippen molar-refractivity contribution < 1.29 is 0 Å². The second-order valence-electron chi connectivity index (χ2n) is 14.9. The molecule has 2 nitrogen and oxygen atoms in total. The number of hydrogen-bond donors (Lipinski definition) is 0. The Morgan fingerprint density at radius 1 is 0.293 bits per heavy atom. The summed E-state index contributed by atoms with van der Waals surface area (Å²) >= 11 is 0. The summed E-state index contributed by atoms with van der Waals surface area (Å²) in [6.07, 6.45) is 0. The molecular weight excluding hydrogens is 701 g/mol. The molecule has 0 bridgehead atoms. The topological polar surface area (TPSA) is 8.17 Å². The number of para-hydroxylation sites is 5. The quantitative estimate of drug-likeness (QED) is 0.158. The minimum atomic E-state index is 1.08. The third-order valence-electron chi connectivity index (χ3n) is 11.6. The van der Waals surface area contributed by atoms with Crippen molar-refractivity contribution in [2.45, 2.75) is 0 Å². The molecule has 0 saturated carbocycles. The average molecular weight is 739 g/mol. The number of aromatic nitrogens is 1. The van der Waals surface area contributed by atoms with Gasteiger partial charge in [-0.05, 0) is 92.8 Å². The molecule has 2 heteroatoms. The Kier molecular flexibility index (Phi) is 8.19. The van der Waals surface area contributed by atoms with Crippen LogP contribution in [-0.2, 0) is 0 Å². The fourth-order valence-corrected chi connectivity index (χ4v) is 8.83. The van der Waals surface area contributed by atoms with Crippen LogP contribution in [0.3, 0.4) is 0 Å². The first-order chi connectivity index (χ1) is 28.8. The summed E-state index contributed by atoms with van der Waals surface area (Å²) in [6.45, 7) is 0. The normalized spacial score (nSPS) is 11.4. The number of nitrogens with zero attached hydrogens (tertiary/aromatic N) is 2. The average Bonchev–Trinajstić information content (AvgIpc) is 3.64. The lowest BCUT2D eigenvalue weighted by Gasteiger charge is -2.30. The van der Waals surface area contributed by atoms with E-state index in [0.717, 1.165) is 28.3 Å². The maximum atomic E-state index is 2.44. The van der Waals surface area contributed by atoms with E-state index in [0.29, 0.717) is 0 Å². The summed E-state index contributed by atoms with van der Waals surface area (Å²) in [4.78, 5) is 2.44. The van der Waals surface area contributed by atoms with Crippen LogP contribution >= 0.6 is 0 Å². The monoisotopic (exact) mass is 738 g/mol. The van der Waals surface area contributed by atoms with Crippen molar-refractivity contribution in [1.29, 1.82) is 0 Å². The molecule has 0 aliphatic heterocycles. The molecular formula is C56H38N2. The minimum absolute atomic E-state index is 1.08. The molecule has 1 heterocycles. The minimum Gasteiger partial charge on any atom is -0.309 e. The Hall–Kier alpha value is -7.68. The lowest BCUT2D eigenvalue weighted by atomic mass is 9.96. The molecule has 0 aliphatic rings. The van der Waals surface area contributed by atoms with E-state index in [1.54, 1.807) is 0 Å². The van der Waals surface area contributed by atoms with Gasteiger partial charge in [-0.15, -0.1) is 0 Å². The highest BCUT2D eigenvalue weighted by Crippen LogP contribution is 2.46. The smallest absolute Gasteiger partial charge is 0.0541 e. The van der Waals surface area contributed by atoms with Crippen molar-refractivity contribution >= 4 is 60.4 Å². The van der Waals surface area contributed by atoms with Gasteiger partial charge in [0, 0.05) is 33.2 Å². The van der Waals surface area contributed by atoms with Gasteiger partial charge in [-0.2, -0.15) is 0 Å². The molecule has 0 fully saturated rings. The molecule has 0 aliphatic carbocycles. The van der Waals surface area contributed by atoms with E-state index in [-0.39, 0.29) is 0 Å². The number of anilines is 3. The van der Waals surface area contributed by atoms with Gasteiger partial charge in [0.15, 0.2) is 0 Å². The summed E-state index contributed by atoms with van der Waals surface area (Å²) in [6, 6.07) is 83.8. The maximum Gasteiger partial charge on any atom is 0.0541 e. The molecule has 11 aromatic rings. The van der Waals surface area contributed by atoms with Crippen LogP contribution in [0, 0.1) is 0 Å². The van der Waals surface area contributed by atoms with Crippen LogP contribution in [0.2, 0.25) is 0 Å². The van der Waals surface area contributed by atoms with E-state index in [9.17, 15) is 0 Å². The van der Waals surface area contributed by atoms with Gasteiger partial charge in [0.2, 0.25) is 0 Å². The molecule has 0 N–H and O–H groups in total. The molecule has 1 aromatic heterocycles. The number of fused-ring (bicyclic) bond motifs is 5. The SMILES string of the molecule is c1ccc(N(c2ccc(-c3ccccc3-n3c4ccccc4c4ccccc43)cc2)c2ccccc2-c2ccc3ccccc3c2)c(-c2ccc3ccccc3c2)c1. The Labute approximate surface area is 338 Å². The van der Waals surface area contributed by atoms with E-state index < -0.39 is 0 Å². The van der Waals surface area contributed by atoms with Gasteiger partial charge in [-0.3, -0.25) is 0 Å². The van der Waals surface area contributed by atoms with Gasteiger partial charge in [-0.1, -0.05) is 176 Å². The molecule has 11 rings (SSSR count). The summed E-state index contributed by atoms with van der Waals surface area (Å²) < 4.78 is 2.42. The van der Waals surface area contributed by atoms with Crippen molar-refractivity contribution in [2.75, 3.05) is 4.90 Å². The van der Waals surface area contributed by atoms with Crippen molar-refractivity contribution in [2.24, 2.45) is 0 Å². The molecule has 0 unspecified atom stereocenters. The Morgan fingerprint density at radius 3 is 1.26 bits per heavy atom. The highest BCUT2D eigenvalue weighted by molar-refractivity contribution is 6.10. The number of benzene rings is 10. The zero-order valence-electron chi connectivity index (χ0n) is 31.8. The zero-order valence-corrected chi connectivity index (χ0v) is 31.8. The van der Waals surface area contributed by atoms with Gasteiger partial charge in [0.1, 0.15) is 0 Å². The Balaban J connectivity index is 1.09. The standard InChI is InChI=1S/C56H38N2/c1-3-17-42-37-44(31-29-39(42)15-1)48-20-6-10-24-52(48)57(53-25-11-7-21-49(53)45-32-30-40-16-2-4-18-43(40)38-45)46-35-33-41(34-36-46)47-19-5-12-26-54(47)58-55-27-13-8-22-50(55)51-23-9-14-28-56(51)58/h1-38H. The van der Waals surface area contributed by atoms with Crippen LogP contribution in [0.25, 0.3) is 82.4 Å². The van der Waals surface area contributed by atoms with Gasteiger partial charge >= 0.3 is 0 Å². The molecule has 0 atom stereocenters. The van der Waals surface area contributed by atoms with Crippen LogP contribution in [0.1, 0.15) is 0 Å². The predicted octanol–water partition coefficient (Wildman–Crippen LogP) is 15.6. The van der Waals surface area contributed by atoms with Gasteiger partial charge in [-0.25, -0.2) is 0 Å². The lowest BCUT2D eigenvalue weighted by molar-refractivity contribution is 1.18. The first-order valence-electron chi connectivity index (χ1n) is 19.9. The predicted molar refractivity (Wildman–Crippen MR) is 247 cm³/mol. The third kappa shape index (κ3) is 5.74.